The second kappa shape index (κ2) is 8.61. The topological polar surface area (TPSA) is 136 Å². The summed E-state index contributed by atoms with van der Waals surface area (Å²) in [5.41, 5.74) is 5.92. The lowest BCUT2D eigenvalue weighted by Crippen LogP contribution is -2.12. The zero-order chi connectivity index (χ0) is 21.0. The van der Waals surface area contributed by atoms with Crippen molar-refractivity contribution in [3.8, 4) is 0 Å². The highest BCUT2D eigenvalue weighted by molar-refractivity contribution is 7.18. The zero-order valence-electron chi connectivity index (χ0n) is 15.5. The third kappa shape index (κ3) is 4.29. The SMILES string of the molecule is COC(=O)c1sc(N)c(C(=O)OC)c1COC(=O)c1ccc(Cn2cccn2)o1. The first kappa shape index (κ1) is 20.1. The number of hydrogen-bond acceptors (Lipinski definition) is 10. The van der Waals surface area contributed by atoms with E-state index in [4.69, 9.17) is 24.4 Å². The number of hydrogen-bond donors (Lipinski definition) is 1. The van der Waals surface area contributed by atoms with Crippen LogP contribution in [0.1, 0.15) is 41.9 Å². The molecule has 0 radical (unpaired) electrons. The highest BCUT2D eigenvalue weighted by Crippen LogP contribution is 2.33. The minimum Gasteiger partial charge on any atom is -0.465 e. The third-order valence-electron chi connectivity index (χ3n) is 3.88. The second-order valence-corrected chi connectivity index (χ2v) is 6.73. The van der Waals surface area contributed by atoms with Gasteiger partial charge >= 0.3 is 17.9 Å². The van der Waals surface area contributed by atoms with Crippen LogP contribution >= 0.6 is 11.3 Å². The Morgan fingerprint density at radius 3 is 2.59 bits per heavy atom. The molecule has 29 heavy (non-hydrogen) atoms. The standard InChI is InChI=1S/C18H17N3O7S/c1-25-17(23)13-11(14(18(24)26-2)29-15(13)19)9-27-16(22)12-5-4-10(28-12)8-21-7-3-6-20-21/h3-7H,8-9,19H2,1-2H3. The van der Waals surface area contributed by atoms with Gasteiger partial charge in [0.05, 0.1) is 20.8 Å². The van der Waals surface area contributed by atoms with E-state index in [1.807, 2.05) is 0 Å². The van der Waals surface area contributed by atoms with Gasteiger partial charge in [-0.3, -0.25) is 4.68 Å². The number of nitrogen functional groups attached to an aromatic ring is 1. The highest BCUT2D eigenvalue weighted by atomic mass is 32.1. The van der Waals surface area contributed by atoms with Crippen molar-refractivity contribution in [3.05, 3.63) is 58.1 Å². The maximum Gasteiger partial charge on any atom is 0.374 e. The van der Waals surface area contributed by atoms with Crippen molar-refractivity contribution in [2.75, 3.05) is 20.0 Å². The van der Waals surface area contributed by atoms with Crippen LogP contribution in [0.3, 0.4) is 0 Å². The molecule has 10 nitrogen and oxygen atoms in total. The molecule has 0 amide bonds. The number of ether oxygens (including phenoxy) is 3. The average molecular weight is 419 g/mol. The Bertz CT molecular complexity index is 1040. The smallest absolute Gasteiger partial charge is 0.374 e. The fourth-order valence-corrected chi connectivity index (χ4v) is 3.52. The van der Waals surface area contributed by atoms with Crippen LogP contribution < -0.4 is 5.73 Å². The van der Waals surface area contributed by atoms with Crippen molar-refractivity contribution in [1.29, 1.82) is 0 Å². The Morgan fingerprint density at radius 1 is 1.17 bits per heavy atom. The Hall–Kier alpha value is -3.60. The molecule has 3 heterocycles. The molecule has 0 atom stereocenters. The summed E-state index contributed by atoms with van der Waals surface area (Å²) in [7, 11) is 2.37. The summed E-state index contributed by atoms with van der Waals surface area (Å²) in [5.74, 6) is -1.75. The van der Waals surface area contributed by atoms with E-state index < -0.39 is 24.5 Å². The van der Waals surface area contributed by atoms with Crippen LogP contribution in [0.2, 0.25) is 0 Å². The molecule has 3 rings (SSSR count). The van der Waals surface area contributed by atoms with Crippen molar-refractivity contribution >= 4 is 34.2 Å². The van der Waals surface area contributed by atoms with Crippen LogP contribution in [0.5, 0.6) is 0 Å². The first-order valence-electron chi connectivity index (χ1n) is 8.25. The van der Waals surface area contributed by atoms with E-state index in [2.05, 4.69) is 5.10 Å². The molecule has 0 aromatic carbocycles. The van der Waals surface area contributed by atoms with E-state index in [0.717, 1.165) is 11.3 Å². The molecule has 0 aliphatic heterocycles. The summed E-state index contributed by atoms with van der Waals surface area (Å²) in [6.07, 6.45) is 3.38. The minimum atomic E-state index is -0.770. The van der Waals surface area contributed by atoms with E-state index >= 15 is 0 Å². The lowest BCUT2D eigenvalue weighted by atomic mass is 10.1. The predicted octanol–water partition coefficient (Wildman–Crippen LogP) is 2.10. The number of nitrogens with two attached hydrogens (primary N) is 1. The summed E-state index contributed by atoms with van der Waals surface area (Å²) in [5, 5.41) is 4.11. The molecule has 0 spiro atoms. The van der Waals surface area contributed by atoms with Gasteiger partial charge < -0.3 is 24.4 Å². The van der Waals surface area contributed by atoms with Gasteiger partial charge in [0.15, 0.2) is 0 Å². The summed E-state index contributed by atoms with van der Waals surface area (Å²) in [6, 6.07) is 4.86. The second-order valence-electron chi connectivity index (χ2n) is 5.68. The Balaban J connectivity index is 1.76. The Kier molecular flexibility index (Phi) is 5.98. The fraction of sp³-hybridized carbons (Fsp3) is 0.222. The van der Waals surface area contributed by atoms with Crippen molar-refractivity contribution in [1.82, 2.24) is 9.78 Å². The minimum absolute atomic E-state index is 0.0328. The molecule has 0 fully saturated rings. The van der Waals surface area contributed by atoms with Gasteiger partial charge in [0.2, 0.25) is 5.76 Å². The van der Waals surface area contributed by atoms with Gasteiger partial charge in [-0.15, -0.1) is 11.3 Å². The predicted molar refractivity (Wildman–Crippen MR) is 101 cm³/mol. The van der Waals surface area contributed by atoms with E-state index in [-0.39, 0.29) is 26.8 Å². The van der Waals surface area contributed by atoms with Crippen LogP contribution in [0.15, 0.2) is 35.0 Å². The first-order valence-corrected chi connectivity index (χ1v) is 9.07. The third-order valence-corrected chi connectivity index (χ3v) is 4.92. The molecule has 152 valence electrons. The maximum absolute atomic E-state index is 12.3. The van der Waals surface area contributed by atoms with Crippen LogP contribution in [0.4, 0.5) is 5.00 Å². The van der Waals surface area contributed by atoms with Crippen molar-refractivity contribution < 1.29 is 33.0 Å². The van der Waals surface area contributed by atoms with E-state index in [1.165, 1.54) is 20.3 Å². The number of nitrogens with zero attached hydrogens (tertiary/aromatic N) is 2. The van der Waals surface area contributed by atoms with Crippen LogP contribution in [-0.2, 0) is 27.4 Å². The lowest BCUT2D eigenvalue weighted by Gasteiger charge is -2.07. The van der Waals surface area contributed by atoms with Crippen LogP contribution in [0, 0.1) is 0 Å². The van der Waals surface area contributed by atoms with Crippen molar-refractivity contribution in [3.63, 3.8) is 0 Å². The number of methoxy groups -OCH3 is 2. The van der Waals surface area contributed by atoms with E-state index in [1.54, 1.807) is 29.2 Å². The molecule has 3 aromatic heterocycles. The fourth-order valence-electron chi connectivity index (χ4n) is 2.54. The molecule has 3 aromatic rings. The number of esters is 3. The largest absolute Gasteiger partial charge is 0.465 e. The molecule has 0 unspecified atom stereocenters. The molecule has 0 saturated heterocycles. The van der Waals surface area contributed by atoms with Gasteiger partial charge in [-0.1, -0.05) is 0 Å². The molecule has 11 heteroatoms. The van der Waals surface area contributed by atoms with Gasteiger partial charge in [-0.2, -0.15) is 5.10 Å². The molecular weight excluding hydrogens is 402 g/mol. The van der Waals surface area contributed by atoms with E-state index in [9.17, 15) is 14.4 Å². The number of aromatic nitrogens is 2. The van der Waals surface area contributed by atoms with Crippen LogP contribution in [0.25, 0.3) is 0 Å². The normalized spacial score (nSPS) is 10.6. The molecule has 0 aliphatic rings. The number of rotatable bonds is 7. The lowest BCUT2D eigenvalue weighted by molar-refractivity contribution is 0.0418. The Labute approximate surface area is 168 Å². The van der Waals surface area contributed by atoms with Gasteiger partial charge in [0.25, 0.3) is 0 Å². The summed E-state index contributed by atoms with van der Waals surface area (Å²) >= 11 is 0.849. The molecule has 0 saturated carbocycles. The maximum atomic E-state index is 12.3. The van der Waals surface area contributed by atoms with Crippen LogP contribution in [-0.4, -0.2) is 41.9 Å². The zero-order valence-corrected chi connectivity index (χ0v) is 16.4. The number of thiophene rings is 1. The highest BCUT2D eigenvalue weighted by Gasteiger charge is 2.28. The summed E-state index contributed by atoms with van der Waals surface area (Å²) < 4.78 is 21.7. The average Bonchev–Trinajstić information content (AvgIpc) is 3.46. The van der Waals surface area contributed by atoms with Crippen molar-refractivity contribution in [2.45, 2.75) is 13.2 Å². The first-order chi connectivity index (χ1) is 13.9. The Morgan fingerprint density at radius 2 is 1.93 bits per heavy atom. The van der Waals surface area contributed by atoms with E-state index in [0.29, 0.717) is 12.3 Å². The number of furan rings is 1. The monoisotopic (exact) mass is 419 g/mol. The number of anilines is 1. The summed E-state index contributed by atoms with van der Waals surface area (Å²) in [6.45, 7) is -0.0447. The quantitative estimate of drug-likeness (QED) is 0.451. The van der Waals surface area contributed by atoms with Crippen molar-refractivity contribution in [2.24, 2.45) is 0 Å². The van der Waals surface area contributed by atoms with Gasteiger partial charge in [0, 0.05) is 18.0 Å². The van der Waals surface area contributed by atoms with Gasteiger partial charge in [-0.05, 0) is 18.2 Å². The molecule has 2 N–H and O–H groups in total. The van der Waals surface area contributed by atoms with Gasteiger partial charge in [-0.25, -0.2) is 14.4 Å². The summed E-state index contributed by atoms with van der Waals surface area (Å²) in [4.78, 5) is 36.4. The number of carbonyl (C=O) groups is 3. The van der Waals surface area contributed by atoms with Gasteiger partial charge in [0.1, 0.15) is 27.8 Å². The molecule has 0 aliphatic carbocycles. The molecular formula is C18H17N3O7S. The molecule has 0 bridgehead atoms. The number of carbonyl (C=O) groups excluding carboxylic acids is 3.